The van der Waals surface area contributed by atoms with Gasteiger partial charge in [0.25, 0.3) is 0 Å². The minimum Gasteiger partial charge on any atom is -0.359 e. The maximum absolute atomic E-state index is 4.54. The van der Waals surface area contributed by atoms with Crippen LogP contribution in [0.4, 0.5) is 5.13 Å². The van der Waals surface area contributed by atoms with E-state index in [0.29, 0.717) is 6.04 Å². The number of rotatable bonds is 2. The van der Waals surface area contributed by atoms with Crippen molar-refractivity contribution >= 4 is 16.5 Å². The summed E-state index contributed by atoms with van der Waals surface area (Å²) in [6, 6.07) is 0.473. The molecule has 4 heteroatoms. The summed E-state index contributed by atoms with van der Waals surface area (Å²) in [5.41, 5.74) is 1.24. The van der Waals surface area contributed by atoms with E-state index in [2.05, 4.69) is 29.5 Å². The maximum atomic E-state index is 4.54. The molecule has 0 spiro atoms. The second kappa shape index (κ2) is 3.64. The SMILES string of the molecule is CC(C)Nc1nc2c(s1)CCNC2. The molecular formula is C9H15N3S. The molecule has 3 nitrogen and oxygen atoms in total. The normalized spacial score (nSPS) is 15.9. The highest BCUT2D eigenvalue weighted by atomic mass is 32.1. The van der Waals surface area contributed by atoms with Crippen LogP contribution in [0.5, 0.6) is 0 Å². The number of fused-ring (bicyclic) bond motifs is 1. The number of aromatic nitrogens is 1. The van der Waals surface area contributed by atoms with E-state index < -0.39 is 0 Å². The Bertz CT molecular complexity index is 270. The average Bonchev–Trinajstić information content (AvgIpc) is 2.44. The molecule has 2 heterocycles. The fraction of sp³-hybridized carbons (Fsp3) is 0.667. The fourth-order valence-corrected chi connectivity index (χ4v) is 2.56. The summed E-state index contributed by atoms with van der Waals surface area (Å²) < 4.78 is 0. The Labute approximate surface area is 82.6 Å². The second-order valence-electron chi connectivity index (χ2n) is 3.61. The minimum atomic E-state index is 0.473. The van der Waals surface area contributed by atoms with Crippen molar-refractivity contribution in [2.24, 2.45) is 0 Å². The zero-order valence-electron chi connectivity index (χ0n) is 8.05. The Morgan fingerprint density at radius 2 is 2.38 bits per heavy atom. The lowest BCUT2D eigenvalue weighted by molar-refractivity contribution is 0.639. The van der Waals surface area contributed by atoms with Crippen LogP contribution in [0.15, 0.2) is 0 Å². The highest BCUT2D eigenvalue weighted by Crippen LogP contribution is 2.25. The third-order valence-corrected chi connectivity index (χ3v) is 3.10. The van der Waals surface area contributed by atoms with E-state index in [1.807, 2.05) is 0 Å². The van der Waals surface area contributed by atoms with E-state index >= 15 is 0 Å². The topological polar surface area (TPSA) is 37.0 Å². The van der Waals surface area contributed by atoms with Gasteiger partial charge in [-0.05, 0) is 20.3 Å². The number of nitrogens with one attached hydrogen (secondary N) is 2. The highest BCUT2D eigenvalue weighted by molar-refractivity contribution is 7.15. The molecule has 1 aliphatic heterocycles. The van der Waals surface area contributed by atoms with Gasteiger partial charge < -0.3 is 10.6 Å². The summed E-state index contributed by atoms with van der Waals surface area (Å²) in [5, 5.41) is 7.74. The van der Waals surface area contributed by atoms with Gasteiger partial charge >= 0.3 is 0 Å². The fourth-order valence-electron chi connectivity index (χ4n) is 1.43. The Hall–Kier alpha value is -0.610. The van der Waals surface area contributed by atoms with Crippen molar-refractivity contribution in [1.82, 2.24) is 10.3 Å². The quantitative estimate of drug-likeness (QED) is 0.756. The highest BCUT2D eigenvalue weighted by Gasteiger charge is 2.14. The second-order valence-corrected chi connectivity index (χ2v) is 4.70. The van der Waals surface area contributed by atoms with Crippen molar-refractivity contribution in [3.8, 4) is 0 Å². The number of thiazole rings is 1. The average molecular weight is 197 g/mol. The lowest BCUT2D eigenvalue weighted by Crippen LogP contribution is -2.22. The molecule has 72 valence electrons. The molecule has 0 aromatic carbocycles. The first-order valence-corrected chi connectivity index (χ1v) is 5.53. The summed E-state index contributed by atoms with van der Waals surface area (Å²) >= 11 is 1.80. The molecule has 2 N–H and O–H groups in total. The van der Waals surface area contributed by atoms with Crippen molar-refractivity contribution in [2.45, 2.75) is 32.9 Å². The van der Waals surface area contributed by atoms with Gasteiger partial charge in [0.15, 0.2) is 5.13 Å². The largest absolute Gasteiger partial charge is 0.359 e. The molecule has 0 radical (unpaired) electrons. The van der Waals surface area contributed by atoms with Crippen LogP contribution < -0.4 is 10.6 Å². The molecule has 1 aromatic rings. The van der Waals surface area contributed by atoms with Gasteiger partial charge in [0.2, 0.25) is 0 Å². The number of anilines is 1. The first kappa shape index (κ1) is 8.97. The summed E-state index contributed by atoms with van der Waals surface area (Å²) in [4.78, 5) is 5.98. The van der Waals surface area contributed by atoms with Crippen LogP contribution in [0.1, 0.15) is 24.4 Å². The predicted molar refractivity (Wildman–Crippen MR) is 56.3 cm³/mol. The van der Waals surface area contributed by atoms with Crippen molar-refractivity contribution < 1.29 is 0 Å². The molecule has 0 bridgehead atoms. The molecule has 0 amide bonds. The monoisotopic (exact) mass is 197 g/mol. The molecule has 13 heavy (non-hydrogen) atoms. The van der Waals surface area contributed by atoms with Gasteiger partial charge in [-0.3, -0.25) is 0 Å². The van der Waals surface area contributed by atoms with Crippen LogP contribution in [0, 0.1) is 0 Å². The number of hydrogen-bond acceptors (Lipinski definition) is 4. The van der Waals surface area contributed by atoms with Gasteiger partial charge in [-0.25, -0.2) is 4.98 Å². The summed E-state index contributed by atoms with van der Waals surface area (Å²) in [5.74, 6) is 0. The summed E-state index contributed by atoms with van der Waals surface area (Å²) in [7, 11) is 0. The van der Waals surface area contributed by atoms with Crippen molar-refractivity contribution in [3.05, 3.63) is 10.6 Å². The van der Waals surface area contributed by atoms with E-state index in [4.69, 9.17) is 0 Å². The third-order valence-electron chi connectivity index (χ3n) is 2.01. The lowest BCUT2D eigenvalue weighted by atomic mass is 10.2. The molecule has 1 aliphatic rings. The molecule has 2 rings (SSSR count). The van der Waals surface area contributed by atoms with Gasteiger partial charge in [0.05, 0.1) is 5.69 Å². The molecule has 0 saturated carbocycles. The summed E-state index contributed by atoms with van der Waals surface area (Å²) in [6.07, 6.45) is 1.13. The van der Waals surface area contributed by atoms with E-state index in [1.165, 1.54) is 10.6 Å². The minimum absolute atomic E-state index is 0.473. The number of nitrogens with zero attached hydrogens (tertiary/aromatic N) is 1. The smallest absolute Gasteiger partial charge is 0.183 e. The zero-order valence-corrected chi connectivity index (χ0v) is 8.87. The van der Waals surface area contributed by atoms with Crippen molar-refractivity contribution in [2.75, 3.05) is 11.9 Å². The first-order valence-electron chi connectivity index (χ1n) is 4.71. The molecule has 0 aliphatic carbocycles. The van der Waals surface area contributed by atoms with Crippen LogP contribution in [0.25, 0.3) is 0 Å². The van der Waals surface area contributed by atoms with Crippen molar-refractivity contribution in [3.63, 3.8) is 0 Å². The molecule has 0 saturated heterocycles. The van der Waals surface area contributed by atoms with Gasteiger partial charge in [-0.15, -0.1) is 11.3 Å². The Morgan fingerprint density at radius 3 is 3.08 bits per heavy atom. The molecule has 0 unspecified atom stereocenters. The van der Waals surface area contributed by atoms with Crippen LogP contribution in [-0.2, 0) is 13.0 Å². The van der Waals surface area contributed by atoms with Crippen LogP contribution in [0.3, 0.4) is 0 Å². The molecule has 0 fully saturated rings. The van der Waals surface area contributed by atoms with Crippen LogP contribution in [0.2, 0.25) is 0 Å². The van der Waals surface area contributed by atoms with Crippen LogP contribution >= 0.6 is 11.3 Å². The van der Waals surface area contributed by atoms with E-state index in [1.54, 1.807) is 11.3 Å². The molecule has 1 aromatic heterocycles. The van der Waals surface area contributed by atoms with Crippen LogP contribution in [-0.4, -0.2) is 17.6 Å². The number of hydrogen-bond donors (Lipinski definition) is 2. The lowest BCUT2D eigenvalue weighted by Gasteiger charge is -2.09. The van der Waals surface area contributed by atoms with Gasteiger partial charge in [-0.2, -0.15) is 0 Å². The van der Waals surface area contributed by atoms with Crippen molar-refractivity contribution in [1.29, 1.82) is 0 Å². The standard InChI is InChI=1S/C9H15N3S/c1-6(2)11-9-12-7-5-10-4-3-8(7)13-9/h6,10H,3-5H2,1-2H3,(H,11,12). The molecule has 0 atom stereocenters. The van der Waals surface area contributed by atoms with Gasteiger partial charge in [0.1, 0.15) is 0 Å². The van der Waals surface area contributed by atoms with E-state index in [9.17, 15) is 0 Å². The van der Waals surface area contributed by atoms with Gasteiger partial charge in [-0.1, -0.05) is 0 Å². The molecular weight excluding hydrogens is 182 g/mol. The Balaban J connectivity index is 2.15. The van der Waals surface area contributed by atoms with E-state index in [0.717, 1.165) is 24.6 Å². The predicted octanol–water partition coefficient (Wildman–Crippen LogP) is 1.61. The zero-order chi connectivity index (χ0) is 9.26. The third kappa shape index (κ3) is 2.00. The Kier molecular flexibility index (Phi) is 2.51. The maximum Gasteiger partial charge on any atom is 0.183 e. The van der Waals surface area contributed by atoms with Gasteiger partial charge in [0, 0.05) is 24.0 Å². The summed E-state index contributed by atoms with van der Waals surface area (Å²) in [6.45, 7) is 6.30. The van der Waals surface area contributed by atoms with E-state index in [-0.39, 0.29) is 0 Å². The Morgan fingerprint density at radius 1 is 1.54 bits per heavy atom. The first-order chi connectivity index (χ1) is 6.25.